The highest BCUT2D eigenvalue weighted by Crippen LogP contribution is 2.41. The zero-order chi connectivity index (χ0) is 17.4. The molecule has 126 valence electrons. The Morgan fingerprint density at radius 3 is 2.56 bits per heavy atom. The van der Waals surface area contributed by atoms with Crippen molar-refractivity contribution >= 4 is 23.0 Å². The minimum absolute atomic E-state index is 0.165. The topological polar surface area (TPSA) is 33.1 Å². The van der Waals surface area contributed by atoms with Crippen LogP contribution in [0.3, 0.4) is 0 Å². The first-order valence-corrected chi connectivity index (χ1v) is 8.44. The molecule has 3 heterocycles. The number of hydrogen-bond acceptors (Lipinski definition) is 2. The normalized spacial score (nSPS) is 19.9. The lowest BCUT2D eigenvalue weighted by Gasteiger charge is -2.28. The summed E-state index contributed by atoms with van der Waals surface area (Å²) in [7, 11) is 1.98. The molecule has 0 unspecified atom stereocenters. The minimum Gasteiger partial charge on any atom is -0.353 e. The fraction of sp³-hybridized carbons (Fsp3) is 0.158. The summed E-state index contributed by atoms with van der Waals surface area (Å²) in [4.78, 5) is 6.33. The van der Waals surface area contributed by atoms with Crippen molar-refractivity contribution in [2.24, 2.45) is 7.05 Å². The quantitative estimate of drug-likeness (QED) is 0.728. The van der Waals surface area contributed by atoms with Crippen LogP contribution >= 0.6 is 12.2 Å². The van der Waals surface area contributed by atoms with E-state index in [4.69, 9.17) is 12.2 Å². The average molecular weight is 352 g/mol. The SMILES string of the molecule is Cn1cccc1[C@@H]1[C@@H](c2ccccn2)NC(=S)N1c1ccccc1F. The van der Waals surface area contributed by atoms with Gasteiger partial charge >= 0.3 is 0 Å². The molecule has 0 saturated carbocycles. The summed E-state index contributed by atoms with van der Waals surface area (Å²) in [6, 6.07) is 16.1. The fourth-order valence-electron chi connectivity index (χ4n) is 3.34. The number of rotatable bonds is 3. The summed E-state index contributed by atoms with van der Waals surface area (Å²) in [5.41, 5.74) is 2.37. The van der Waals surface area contributed by atoms with E-state index in [2.05, 4.69) is 10.3 Å². The Kier molecular flexibility index (Phi) is 3.97. The Morgan fingerprint density at radius 2 is 1.88 bits per heavy atom. The third-order valence-corrected chi connectivity index (χ3v) is 4.81. The van der Waals surface area contributed by atoms with Gasteiger partial charge in [-0.2, -0.15) is 0 Å². The van der Waals surface area contributed by atoms with E-state index in [1.165, 1.54) is 6.07 Å². The van der Waals surface area contributed by atoms with E-state index in [1.807, 2.05) is 59.1 Å². The molecule has 0 aliphatic carbocycles. The summed E-state index contributed by atoms with van der Waals surface area (Å²) in [6.45, 7) is 0. The smallest absolute Gasteiger partial charge is 0.174 e. The highest BCUT2D eigenvalue weighted by molar-refractivity contribution is 7.80. The monoisotopic (exact) mass is 352 g/mol. The van der Waals surface area contributed by atoms with Crippen molar-refractivity contribution < 1.29 is 4.39 Å². The van der Waals surface area contributed by atoms with Crippen LogP contribution in [0.4, 0.5) is 10.1 Å². The first-order valence-electron chi connectivity index (χ1n) is 8.03. The van der Waals surface area contributed by atoms with Crippen LogP contribution in [0.15, 0.2) is 67.0 Å². The first-order chi connectivity index (χ1) is 12.2. The molecule has 2 atom stereocenters. The van der Waals surface area contributed by atoms with Crippen molar-refractivity contribution in [3.05, 3.63) is 84.2 Å². The zero-order valence-electron chi connectivity index (χ0n) is 13.6. The number of pyridine rings is 1. The van der Waals surface area contributed by atoms with Crippen LogP contribution < -0.4 is 10.2 Å². The fourth-order valence-corrected chi connectivity index (χ4v) is 3.68. The van der Waals surface area contributed by atoms with Gasteiger partial charge in [-0.15, -0.1) is 0 Å². The third-order valence-electron chi connectivity index (χ3n) is 4.50. The Hall–Kier alpha value is -2.73. The molecule has 0 spiro atoms. The molecule has 2 aromatic heterocycles. The van der Waals surface area contributed by atoms with Gasteiger partial charge in [-0.1, -0.05) is 18.2 Å². The summed E-state index contributed by atoms with van der Waals surface area (Å²) >= 11 is 5.56. The van der Waals surface area contributed by atoms with Gasteiger partial charge in [-0.05, 0) is 48.6 Å². The van der Waals surface area contributed by atoms with E-state index in [-0.39, 0.29) is 17.9 Å². The number of anilines is 1. The van der Waals surface area contributed by atoms with E-state index >= 15 is 0 Å². The number of halogens is 1. The molecule has 1 aliphatic rings. The number of hydrogen-bond donors (Lipinski definition) is 1. The largest absolute Gasteiger partial charge is 0.353 e. The van der Waals surface area contributed by atoms with Crippen LogP contribution in [0, 0.1) is 5.82 Å². The number of para-hydroxylation sites is 1. The standard InChI is InChI=1S/C19H17FN4S/c1-23-12-6-10-16(23)18-17(14-8-4-5-11-21-14)22-19(25)24(18)15-9-3-2-7-13(15)20/h2-12,17-18H,1H3,(H,22,25)/t17-,18-/m1/s1. The summed E-state index contributed by atoms with van der Waals surface area (Å²) < 4.78 is 16.5. The zero-order valence-corrected chi connectivity index (χ0v) is 14.4. The molecule has 1 N–H and O–H groups in total. The van der Waals surface area contributed by atoms with Crippen LogP contribution in [0.1, 0.15) is 23.5 Å². The van der Waals surface area contributed by atoms with E-state index in [0.29, 0.717) is 10.8 Å². The maximum absolute atomic E-state index is 14.5. The Bertz CT molecular complexity index is 909. The van der Waals surface area contributed by atoms with Crippen molar-refractivity contribution in [3.63, 3.8) is 0 Å². The van der Waals surface area contributed by atoms with Crippen LogP contribution in [-0.4, -0.2) is 14.7 Å². The average Bonchev–Trinajstić information content (AvgIpc) is 3.19. The predicted octanol–water partition coefficient (Wildman–Crippen LogP) is 3.74. The van der Waals surface area contributed by atoms with Gasteiger partial charge in [0.2, 0.25) is 0 Å². The number of benzene rings is 1. The van der Waals surface area contributed by atoms with Crippen molar-refractivity contribution in [2.75, 3.05) is 4.90 Å². The van der Waals surface area contributed by atoms with Gasteiger partial charge in [-0.25, -0.2) is 4.39 Å². The van der Waals surface area contributed by atoms with Crippen molar-refractivity contribution in [2.45, 2.75) is 12.1 Å². The molecule has 4 nitrogen and oxygen atoms in total. The molecule has 6 heteroatoms. The Balaban J connectivity index is 1.87. The molecule has 0 bridgehead atoms. The van der Waals surface area contributed by atoms with Gasteiger partial charge in [0.25, 0.3) is 0 Å². The molecule has 4 rings (SSSR count). The molecular weight excluding hydrogens is 335 g/mol. The van der Waals surface area contributed by atoms with E-state index in [9.17, 15) is 4.39 Å². The predicted molar refractivity (Wildman–Crippen MR) is 99.7 cm³/mol. The van der Waals surface area contributed by atoms with Crippen LogP contribution in [-0.2, 0) is 7.05 Å². The van der Waals surface area contributed by atoms with Crippen molar-refractivity contribution in [3.8, 4) is 0 Å². The van der Waals surface area contributed by atoms with Crippen molar-refractivity contribution in [1.82, 2.24) is 14.9 Å². The molecule has 25 heavy (non-hydrogen) atoms. The molecule has 3 aromatic rings. The Morgan fingerprint density at radius 1 is 1.08 bits per heavy atom. The van der Waals surface area contributed by atoms with Gasteiger partial charge in [-0.3, -0.25) is 4.98 Å². The van der Waals surface area contributed by atoms with Crippen LogP contribution in [0.2, 0.25) is 0 Å². The van der Waals surface area contributed by atoms with Gasteiger partial charge in [0.1, 0.15) is 11.9 Å². The second-order valence-electron chi connectivity index (χ2n) is 5.99. The van der Waals surface area contributed by atoms with Gasteiger partial charge in [0, 0.05) is 25.1 Å². The maximum Gasteiger partial charge on any atom is 0.174 e. The molecule has 1 fully saturated rings. The second-order valence-corrected chi connectivity index (χ2v) is 6.38. The molecule has 0 radical (unpaired) electrons. The molecule has 1 aliphatic heterocycles. The summed E-state index contributed by atoms with van der Waals surface area (Å²) in [5, 5.41) is 3.82. The number of aryl methyl sites for hydroxylation is 1. The lowest BCUT2D eigenvalue weighted by Crippen LogP contribution is -2.30. The number of nitrogens with zero attached hydrogens (tertiary/aromatic N) is 3. The van der Waals surface area contributed by atoms with Crippen LogP contribution in [0.5, 0.6) is 0 Å². The van der Waals surface area contributed by atoms with E-state index in [1.54, 1.807) is 18.3 Å². The lowest BCUT2D eigenvalue weighted by molar-refractivity contribution is 0.534. The second kappa shape index (κ2) is 6.29. The molecular formula is C19H17FN4S. The highest BCUT2D eigenvalue weighted by Gasteiger charge is 2.42. The number of aromatic nitrogens is 2. The summed E-state index contributed by atoms with van der Waals surface area (Å²) in [6.07, 6.45) is 3.74. The third kappa shape index (κ3) is 2.68. The van der Waals surface area contributed by atoms with E-state index in [0.717, 1.165) is 11.4 Å². The van der Waals surface area contributed by atoms with E-state index < -0.39 is 0 Å². The van der Waals surface area contributed by atoms with Gasteiger partial charge < -0.3 is 14.8 Å². The van der Waals surface area contributed by atoms with Gasteiger partial charge in [0.05, 0.1) is 17.4 Å². The highest BCUT2D eigenvalue weighted by atomic mass is 32.1. The maximum atomic E-state index is 14.5. The molecule has 1 aromatic carbocycles. The van der Waals surface area contributed by atoms with Crippen LogP contribution in [0.25, 0.3) is 0 Å². The number of thiocarbonyl (C=S) groups is 1. The van der Waals surface area contributed by atoms with Gasteiger partial charge in [0.15, 0.2) is 5.11 Å². The number of nitrogens with one attached hydrogen (secondary N) is 1. The Labute approximate surface area is 150 Å². The first kappa shape index (κ1) is 15.8. The molecule has 1 saturated heterocycles. The summed E-state index contributed by atoms with van der Waals surface area (Å²) in [5.74, 6) is -0.299. The lowest BCUT2D eigenvalue weighted by atomic mass is 10.0. The molecule has 0 amide bonds. The van der Waals surface area contributed by atoms with Crippen molar-refractivity contribution in [1.29, 1.82) is 0 Å². The minimum atomic E-state index is -0.299.